The van der Waals surface area contributed by atoms with Gasteiger partial charge in [0, 0.05) is 16.4 Å². The monoisotopic (exact) mass is 304 g/mol. The zero-order valence-corrected chi connectivity index (χ0v) is 12.6. The van der Waals surface area contributed by atoms with Crippen LogP contribution in [0.25, 0.3) is 0 Å². The molecular weight excluding hydrogens is 288 g/mol. The molecule has 0 fully saturated rings. The van der Waals surface area contributed by atoms with Crippen molar-refractivity contribution in [3.63, 3.8) is 0 Å². The fourth-order valence-electron chi connectivity index (χ4n) is 1.83. The Balaban J connectivity index is 2.00. The number of rotatable bonds is 4. The summed E-state index contributed by atoms with van der Waals surface area (Å²) in [6, 6.07) is 12.2. The molecule has 2 aromatic rings. The van der Waals surface area contributed by atoms with Gasteiger partial charge in [0.15, 0.2) is 6.10 Å². The second-order valence-corrected chi connectivity index (χ2v) is 5.21. The van der Waals surface area contributed by atoms with E-state index in [0.717, 1.165) is 11.3 Å². The summed E-state index contributed by atoms with van der Waals surface area (Å²) in [6.07, 6.45) is -0.622. The van der Waals surface area contributed by atoms with Gasteiger partial charge < -0.3 is 15.8 Å². The predicted octanol–water partition coefficient (Wildman–Crippen LogP) is 3.64. The summed E-state index contributed by atoms with van der Waals surface area (Å²) in [5.74, 6) is 0.369. The number of carbonyl (C=O) groups excluding carboxylic acids is 1. The number of anilines is 2. The molecule has 21 heavy (non-hydrogen) atoms. The lowest BCUT2D eigenvalue weighted by molar-refractivity contribution is -0.122. The van der Waals surface area contributed by atoms with Crippen LogP contribution >= 0.6 is 11.6 Å². The van der Waals surface area contributed by atoms with E-state index in [0.29, 0.717) is 16.5 Å². The number of benzene rings is 2. The summed E-state index contributed by atoms with van der Waals surface area (Å²) in [5.41, 5.74) is 7.97. The van der Waals surface area contributed by atoms with Gasteiger partial charge in [0.25, 0.3) is 5.91 Å². The Bertz CT molecular complexity index is 641. The number of aryl methyl sites for hydroxylation is 1. The minimum absolute atomic E-state index is 0.224. The minimum Gasteiger partial charge on any atom is -0.481 e. The fraction of sp³-hybridized carbons (Fsp3) is 0.188. The van der Waals surface area contributed by atoms with Crippen molar-refractivity contribution in [2.24, 2.45) is 0 Å². The second kappa shape index (κ2) is 6.50. The standard InChI is InChI=1S/C16H17ClN2O2/c1-10-9-13(18)5-8-15(10)19-16(20)11(2)21-14-6-3-12(17)4-7-14/h3-9,11H,18H2,1-2H3,(H,19,20)/t11-/m1/s1. The van der Waals surface area contributed by atoms with Gasteiger partial charge in [-0.1, -0.05) is 11.6 Å². The molecule has 0 heterocycles. The SMILES string of the molecule is Cc1cc(N)ccc1NC(=O)[C@@H](C)Oc1ccc(Cl)cc1. The smallest absolute Gasteiger partial charge is 0.265 e. The van der Waals surface area contributed by atoms with Crippen molar-refractivity contribution in [3.8, 4) is 5.75 Å². The number of hydrogen-bond donors (Lipinski definition) is 2. The van der Waals surface area contributed by atoms with Crippen LogP contribution in [0.4, 0.5) is 11.4 Å². The van der Waals surface area contributed by atoms with Crippen LogP contribution < -0.4 is 15.8 Å². The van der Waals surface area contributed by atoms with Gasteiger partial charge in [-0.2, -0.15) is 0 Å². The van der Waals surface area contributed by atoms with E-state index >= 15 is 0 Å². The quantitative estimate of drug-likeness (QED) is 0.848. The normalized spacial score (nSPS) is 11.8. The summed E-state index contributed by atoms with van der Waals surface area (Å²) in [4.78, 5) is 12.1. The van der Waals surface area contributed by atoms with Crippen LogP contribution in [0.15, 0.2) is 42.5 Å². The van der Waals surface area contributed by atoms with Gasteiger partial charge in [-0.25, -0.2) is 0 Å². The molecule has 0 aliphatic carbocycles. The summed E-state index contributed by atoms with van der Waals surface area (Å²) >= 11 is 5.80. The van der Waals surface area contributed by atoms with Crippen molar-refractivity contribution in [1.82, 2.24) is 0 Å². The maximum Gasteiger partial charge on any atom is 0.265 e. The van der Waals surface area contributed by atoms with E-state index in [2.05, 4.69) is 5.32 Å². The highest BCUT2D eigenvalue weighted by molar-refractivity contribution is 6.30. The van der Waals surface area contributed by atoms with Gasteiger partial charge in [0.05, 0.1) is 0 Å². The lowest BCUT2D eigenvalue weighted by atomic mass is 10.1. The highest BCUT2D eigenvalue weighted by atomic mass is 35.5. The highest BCUT2D eigenvalue weighted by Gasteiger charge is 2.15. The Kier molecular flexibility index (Phi) is 4.70. The molecule has 1 atom stereocenters. The first-order valence-electron chi connectivity index (χ1n) is 6.55. The third-order valence-corrected chi connectivity index (χ3v) is 3.26. The number of nitrogens with one attached hydrogen (secondary N) is 1. The van der Waals surface area contributed by atoms with Crippen LogP contribution in [0.3, 0.4) is 0 Å². The number of nitrogens with two attached hydrogens (primary N) is 1. The topological polar surface area (TPSA) is 64.3 Å². The summed E-state index contributed by atoms with van der Waals surface area (Å²) < 4.78 is 5.57. The van der Waals surface area contributed by atoms with Gasteiger partial charge in [-0.05, 0) is 61.9 Å². The van der Waals surface area contributed by atoms with Crippen molar-refractivity contribution >= 4 is 28.9 Å². The Hall–Kier alpha value is -2.20. The molecular formula is C16H17ClN2O2. The average Bonchev–Trinajstić information content (AvgIpc) is 2.44. The van der Waals surface area contributed by atoms with Crippen molar-refractivity contribution < 1.29 is 9.53 Å². The molecule has 2 rings (SSSR count). The van der Waals surface area contributed by atoms with E-state index in [9.17, 15) is 4.79 Å². The van der Waals surface area contributed by atoms with Gasteiger partial charge in [-0.15, -0.1) is 0 Å². The van der Waals surface area contributed by atoms with Gasteiger partial charge >= 0.3 is 0 Å². The largest absolute Gasteiger partial charge is 0.481 e. The lowest BCUT2D eigenvalue weighted by Crippen LogP contribution is -2.30. The molecule has 0 radical (unpaired) electrons. The third-order valence-electron chi connectivity index (χ3n) is 3.00. The Morgan fingerprint density at radius 2 is 1.90 bits per heavy atom. The number of ether oxygens (including phenoxy) is 1. The summed E-state index contributed by atoms with van der Waals surface area (Å²) in [6.45, 7) is 3.58. The molecule has 0 saturated heterocycles. The first-order valence-corrected chi connectivity index (χ1v) is 6.92. The van der Waals surface area contributed by atoms with Crippen LogP contribution in [-0.2, 0) is 4.79 Å². The lowest BCUT2D eigenvalue weighted by Gasteiger charge is -2.16. The predicted molar refractivity (Wildman–Crippen MR) is 85.8 cm³/mol. The molecule has 0 spiro atoms. The number of carbonyl (C=O) groups is 1. The molecule has 3 N–H and O–H groups in total. The van der Waals surface area contributed by atoms with E-state index < -0.39 is 6.10 Å². The van der Waals surface area contributed by atoms with E-state index in [1.807, 2.05) is 6.92 Å². The van der Waals surface area contributed by atoms with Crippen LogP contribution in [0.1, 0.15) is 12.5 Å². The molecule has 1 amide bonds. The Morgan fingerprint density at radius 1 is 1.24 bits per heavy atom. The zero-order valence-electron chi connectivity index (χ0n) is 11.9. The first kappa shape index (κ1) is 15.2. The molecule has 110 valence electrons. The summed E-state index contributed by atoms with van der Waals surface area (Å²) in [5, 5.41) is 3.45. The number of halogens is 1. The molecule has 0 bridgehead atoms. The molecule has 2 aromatic carbocycles. The third kappa shape index (κ3) is 4.13. The van der Waals surface area contributed by atoms with Crippen molar-refractivity contribution in [2.45, 2.75) is 20.0 Å². The van der Waals surface area contributed by atoms with Gasteiger partial charge in [0.2, 0.25) is 0 Å². The van der Waals surface area contributed by atoms with Crippen molar-refractivity contribution in [2.75, 3.05) is 11.1 Å². The maximum atomic E-state index is 12.1. The van der Waals surface area contributed by atoms with Crippen molar-refractivity contribution in [1.29, 1.82) is 0 Å². The molecule has 4 nitrogen and oxygen atoms in total. The Labute approximate surface area is 128 Å². The molecule has 0 aromatic heterocycles. The van der Waals surface area contributed by atoms with Crippen LogP contribution in [-0.4, -0.2) is 12.0 Å². The minimum atomic E-state index is -0.622. The number of amides is 1. The molecule has 5 heteroatoms. The van der Waals surface area contributed by atoms with Crippen molar-refractivity contribution in [3.05, 3.63) is 53.1 Å². The zero-order chi connectivity index (χ0) is 15.4. The first-order chi connectivity index (χ1) is 9.95. The second-order valence-electron chi connectivity index (χ2n) is 4.78. The van der Waals surface area contributed by atoms with E-state index in [1.165, 1.54) is 0 Å². The van der Waals surface area contributed by atoms with Crippen LogP contribution in [0.5, 0.6) is 5.75 Å². The van der Waals surface area contributed by atoms with Gasteiger partial charge in [-0.3, -0.25) is 4.79 Å². The average molecular weight is 305 g/mol. The highest BCUT2D eigenvalue weighted by Crippen LogP contribution is 2.19. The van der Waals surface area contributed by atoms with E-state index in [4.69, 9.17) is 22.1 Å². The fourth-order valence-corrected chi connectivity index (χ4v) is 1.96. The van der Waals surface area contributed by atoms with E-state index in [1.54, 1.807) is 49.4 Å². The number of nitrogen functional groups attached to an aromatic ring is 1. The molecule has 0 aliphatic heterocycles. The summed E-state index contributed by atoms with van der Waals surface area (Å²) in [7, 11) is 0. The van der Waals surface area contributed by atoms with Crippen LogP contribution in [0.2, 0.25) is 5.02 Å². The molecule has 0 unspecified atom stereocenters. The maximum absolute atomic E-state index is 12.1. The van der Waals surface area contributed by atoms with E-state index in [-0.39, 0.29) is 5.91 Å². The molecule has 0 saturated carbocycles. The molecule has 0 aliphatic rings. The van der Waals surface area contributed by atoms with Gasteiger partial charge in [0.1, 0.15) is 5.75 Å². The number of hydrogen-bond acceptors (Lipinski definition) is 3. The Morgan fingerprint density at radius 3 is 2.52 bits per heavy atom. The van der Waals surface area contributed by atoms with Crippen LogP contribution in [0, 0.1) is 6.92 Å².